The molecule has 0 spiro atoms. The normalized spacial score (nSPS) is 40.1. The molecule has 0 radical (unpaired) electrons. The highest BCUT2D eigenvalue weighted by Crippen LogP contribution is 2.18. The maximum Gasteiger partial charge on any atom is 0.108 e. The van der Waals surface area contributed by atoms with Crippen LogP contribution in [0.5, 0.6) is 0 Å². The molecule has 3 N–H and O–H groups in total. The van der Waals surface area contributed by atoms with Gasteiger partial charge in [-0.3, -0.25) is 4.90 Å². The Bertz CT molecular complexity index is 177. The minimum Gasteiger partial charge on any atom is -0.389 e. The number of β-amino-alcohol motifs (C(OH)–C–C–N with tert-alkyl or cyclic N) is 1. The molecule has 0 aromatic rings. The number of unbranched alkanes of at least 4 members (excludes halogenated alkanes) is 1. The second-order valence-corrected chi connectivity index (χ2v) is 4.14. The fourth-order valence-electron chi connectivity index (χ4n) is 1.90. The zero-order valence-electron chi connectivity index (χ0n) is 8.93. The van der Waals surface area contributed by atoms with Crippen molar-refractivity contribution in [3.8, 4) is 0 Å². The third-order valence-electron chi connectivity index (χ3n) is 3.03. The lowest BCUT2D eigenvalue weighted by atomic mass is 9.95. The van der Waals surface area contributed by atoms with Crippen molar-refractivity contribution in [3.63, 3.8) is 0 Å². The van der Waals surface area contributed by atoms with Crippen LogP contribution in [0.4, 0.5) is 0 Å². The van der Waals surface area contributed by atoms with Crippen molar-refractivity contribution in [2.24, 2.45) is 0 Å². The van der Waals surface area contributed by atoms with Gasteiger partial charge in [-0.15, -0.1) is 0 Å². The molecular formula is C10H21NO3. The van der Waals surface area contributed by atoms with Crippen LogP contribution >= 0.6 is 0 Å². The van der Waals surface area contributed by atoms with E-state index in [4.69, 9.17) is 0 Å². The van der Waals surface area contributed by atoms with E-state index in [2.05, 4.69) is 6.92 Å². The Kier molecular flexibility index (Phi) is 4.31. The summed E-state index contributed by atoms with van der Waals surface area (Å²) in [5, 5.41) is 28.6. The number of rotatable bonds is 3. The number of aliphatic hydroxyl groups is 3. The Hall–Kier alpha value is -0.160. The molecule has 1 fully saturated rings. The summed E-state index contributed by atoms with van der Waals surface area (Å²) in [6.45, 7) is 5.32. The van der Waals surface area contributed by atoms with Gasteiger partial charge in [-0.05, 0) is 19.9 Å². The largest absolute Gasteiger partial charge is 0.389 e. The van der Waals surface area contributed by atoms with Gasteiger partial charge in [0.15, 0.2) is 0 Å². The van der Waals surface area contributed by atoms with Crippen LogP contribution in [0.15, 0.2) is 0 Å². The van der Waals surface area contributed by atoms with Gasteiger partial charge in [0.05, 0.1) is 12.2 Å². The first-order valence-corrected chi connectivity index (χ1v) is 5.36. The predicted octanol–water partition coefficient (Wildman–Crippen LogP) is -0.427. The zero-order chi connectivity index (χ0) is 10.7. The van der Waals surface area contributed by atoms with E-state index in [1.165, 1.54) is 0 Å². The molecule has 1 saturated heterocycles. The highest BCUT2D eigenvalue weighted by molar-refractivity contribution is 4.91. The number of hydrogen-bond donors (Lipinski definition) is 3. The summed E-state index contributed by atoms with van der Waals surface area (Å²) in [7, 11) is 0. The van der Waals surface area contributed by atoms with Gasteiger partial charge in [-0.25, -0.2) is 0 Å². The van der Waals surface area contributed by atoms with Crippen molar-refractivity contribution in [1.82, 2.24) is 4.90 Å². The summed E-state index contributed by atoms with van der Waals surface area (Å²) >= 11 is 0. The van der Waals surface area contributed by atoms with E-state index in [9.17, 15) is 15.3 Å². The summed E-state index contributed by atoms with van der Waals surface area (Å²) in [4.78, 5) is 2.03. The molecule has 4 atom stereocenters. The molecule has 0 aromatic heterocycles. The molecule has 14 heavy (non-hydrogen) atoms. The predicted molar refractivity (Wildman–Crippen MR) is 54.0 cm³/mol. The molecule has 1 aliphatic rings. The third-order valence-corrected chi connectivity index (χ3v) is 3.03. The lowest BCUT2D eigenvalue weighted by Crippen LogP contribution is -2.60. The van der Waals surface area contributed by atoms with Crippen molar-refractivity contribution in [2.75, 3.05) is 13.1 Å². The first-order chi connectivity index (χ1) is 6.57. The van der Waals surface area contributed by atoms with Crippen molar-refractivity contribution in [1.29, 1.82) is 0 Å². The molecule has 4 nitrogen and oxygen atoms in total. The van der Waals surface area contributed by atoms with Crippen molar-refractivity contribution in [2.45, 2.75) is 51.0 Å². The van der Waals surface area contributed by atoms with Gasteiger partial charge in [-0.2, -0.15) is 0 Å². The monoisotopic (exact) mass is 203 g/mol. The second kappa shape index (κ2) is 5.07. The molecule has 0 bridgehead atoms. The van der Waals surface area contributed by atoms with Crippen LogP contribution in [0.2, 0.25) is 0 Å². The number of likely N-dealkylation sites (tertiary alicyclic amines) is 1. The third kappa shape index (κ3) is 2.45. The van der Waals surface area contributed by atoms with E-state index in [0.29, 0.717) is 6.54 Å². The van der Waals surface area contributed by atoms with Crippen LogP contribution in [0, 0.1) is 0 Å². The van der Waals surface area contributed by atoms with Crippen molar-refractivity contribution in [3.05, 3.63) is 0 Å². The minimum atomic E-state index is -0.997. The van der Waals surface area contributed by atoms with Crippen LogP contribution < -0.4 is 0 Å². The fraction of sp³-hybridized carbons (Fsp3) is 1.00. The standard InChI is InChI=1S/C10H21NO3/c1-3-4-5-11-6-8(12)10(14)9(13)7(11)2/h7-10,12-14H,3-6H2,1-2H3/t7-,8+,9-,10-/m1/s1. The maximum absolute atomic E-state index is 9.63. The van der Waals surface area contributed by atoms with Crippen molar-refractivity contribution >= 4 is 0 Å². The number of hydrogen-bond acceptors (Lipinski definition) is 4. The van der Waals surface area contributed by atoms with E-state index in [1.54, 1.807) is 0 Å². The van der Waals surface area contributed by atoms with Gasteiger partial charge in [0.25, 0.3) is 0 Å². The topological polar surface area (TPSA) is 63.9 Å². The summed E-state index contributed by atoms with van der Waals surface area (Å²) in [5.41, 5.74) is 0. The van der Waals surface area contributed by atoms with E-state index >= 15 is 0 Å². The highest BCUT2D eigenvalue weighted by atomic mass is 16.4. The molecule has 84 valence electrons. The minimum absolute atomic E-state index is 0.0695. The average Bonchev–Trinajstić information content (AvgIpc) is 2.18. The summed E-state index contributed by atoms with van der Waals surface area (Å²) in [5.74, 6) is 0. The first kappa shape index (κ1) is 11.9. The first-order valence-electron chi connectivity index (χ1n) is 5.36. The lowest BCUT2D eigenvalue weighted by Gasteiger charge is -2.42. The highest BCUT2D eigenvalue weighted by Gasteiger charge is 2.38. The molecular weight excluding hydrogens is 182 g/mol. The van der Waals surface area contributed by atoms with Crippen LogP contribution in [0.25, 0.3) is 0 Å². The van der Waals surface area contributed by atoms with E-state index in [0.717, 1.165) is 19.4 Å². The van der Waals surface area contributed by atoms with Gasteiger partial charge in [-0.1, -0.05) is 13.3 Å². The molecule has 0 aliphatic carbocycles. The van der Waals surface area contributed by atoms with E-state index in [1.807, 2.05) is 11.8 Å². The maximum atomic E-state index is 9.63. The van der Waals surface area contributed by atoms with Gasteiger partial charge in [0, 0.05) is 12.6 Å². The SMILES string of the molecule is CCCCN1C[C@H](O)[C@@H](O)[C@H](O)[C@H]1C. The van der Waals surface area contributed by atoms with E-state index in [-0.39, 0.29) is 6.04 Å². The van der Waals surface area contributed by atoms with Gasteiger partial charge in [0.2, 0.25) is 0 Å². The summed E-state index contributed by atoms with van der Waals surface area (Å²) in [6, 6.07) is -0.0695. The van der Waals surface area contributed by atoms with E-state index < -0.39 is 18.3 Å². The van der Waals surface area contributed by atoms with Gasteiger partial charge >= 0.3 is 0 Å². The Balaban J connectivity index is 2.52. The lowest BCUT2D eigenvalue weighted by molar-refractivity contribution is -0.133. The molecule has 0 saturated carbocycles. The zero-order valence-corrected chi connectivity index (χ0v) is 8.93. The summed E-state index contributed by atoms with van der Waals surface area (Å²) in [6.07, 6.45) is -0.505. The average molecular weight is 203 g/mol. The molecule has 4 heteroatoms. The van der Waals surface area contributed by atoms with Crippen LogP contribution in [-0.2, 0) is 0 Å². The van der Waals surface area contributed by atoms with Gasteiger partial charge in [0.1, 0.15) is 6.10 Å². The van der Waals surface area contributed by atoms with Crippen LogP contribution in [0.1, 0.15) is 26.7 Å². The number of nitrogens with zero attached hydrogens (tertiary/aromatic N) is 1. The van der Waals surface area contributed by atoms with Crippen LogP contribution in [0.3, 0.4) is 0 Å². The fourth-order valence-corrected chi connectivity index (χ4v) is 1.90. The number of aliphatic hydroxyl groups excluding tert-OH is 3. The molecule has 1 rings (SSSR count). The smallest absolute Gasteiger partial charge is 0.108 e. The Morgan fingerprint density at radius 1 is 1.21 bits per heavy atom. The molecule has 0 amide bonds. The quantitative estimate of drug-likeness (QED) is 0.582. The molecule has 0 aromatic carbocycles. The van der Waals surface area contributed by atoms with Crippen molar-refractivity contribution < 1.29 is 15.3 Å². The molecule has 0 unspecified atom stereocenters. The Morgan fingerprint density at radius 2 is 1.86 bits per heavy atom. The summed E-state index contributed by atoms with van der Waals surface area (Å²) < 4.78 is 0. The Morgan fingerprint density at radius 3 is 2.43 bits per heavy atom. The Labute approximate surface area is 85.2 Å². The van der Waals surface area contributed by atoms with Gasteiger partial charge < -0.3 is 15.3 Å². The molecule has 1 aliphatic heterocycles. The number of piperidine rings is 1. The molecule has 1 heterocycles. The second-order valence-electron chi connectivity index (χ2n) is 4.14. The van der Waals surface area contributed by atoms with Crippen LogP contribution in [-0.4, -0.2) is 57.7 Å².